The Labute approximate surface area is 183 Å². The maximum Gasteiger partial charge on any atom is 0.271 e. The van der Waals surface area contributed by atoms with Crippen LogP contribution < -0.4 is 11.1 Å². The number of hydrogen-bond acceptors (Lipinski definition) is 6. The van der Waals surface area contributed by atoms with E-state index in [2.05, 4.69) is 15.3 Å². The monoisotopic (exact) mass is 449 g/mol. The van der Waals surface area contributed by atoms with Gasteiger partial charge in [0.25, 0.3) is 5.91 Å². The fraction of sp³-hybridized carbons (Fsp3) is 0.429. The molecule has 2 unspecified atom stereocenters. The number of aromatic nitrogens is 1. The second kappa shape index (κ2) is 8.70. The quantitative estimate of drug-likeness (QED) is 0.706. The van der Waals surface area contributed by atoms with Crippen molar-refractivity contribution in [2.24, 2.45) is 16.6 Å². The van der Waals surface area contributed by atoms with Crippen molar-refractivity contribution in [3.05, 3.63) is 51.5 Å². The lowest BCUT2D eigenvalue weighted by Gasteiger charge is -2.37. The van der Waals surface area contributed by atoms with Crippen molar-refractivity contribution < 1.29 is 18.4 Å². The minimum Gasteiger partial charge on any atom is -0.369 e. The van der Waals surface area contributed by atoms with Gasteiger partial charge in [-0.25, -0.2) is 18.8 Å². The third kappa shape index (κ3) is 5.07. The molecular formula is C21H25F2N5O2S. The standard InChI is InChI=1S/C21H25F2N5O2S/c1-11(2)21(4)8-18(29)28(20(24)27-21)9-17-26-16(10-31-17)19(30)25-12(3)13-5-14(22)7-15(23)6-13/h5-7,10-12H,8-9H2,1-4H3,(H2,24,27)(H,25,30). The van der Waals surface area contributed by atoms with E-state index in [9.17, 15) is 18.4 Å². The summed E-state index contributed by atoms with van der Waals surface area (Å²) in [6.45, 7) is 7.62. The van der Waals surface area contributed by atoms with Crippen LogP contribution in [0.15, 0.2) is 28.6 Å². The minimum absolute atomic E-state index is 0.116. The van der Waals surface area contributed by atoms with Gasteiger partial charge in [-0.1, -0.05) is 13.8 Å². The zero-order valence-corrected chi connectivity index (χ0v) is 18.6. The summed E-state index contributed by atoms with van der Waals surface area (Å²) in [5.41, 5.74) is 5.95. The van der Waals surface area contributed by atoms with Crippen LogP contribution in [-0.4, -0.2) is 33.2 Å². The number of aliphatic imine (C=N–C) groups is 1. The highest BCUT2D eigenvalue weighted by atomic mass is 32.1. The van der Waals surface area contributed by atoms with Crippen molar-refractivity contribution in [2.75, 3.05) is 0 Å². The van der Waals surface area contributed by atoms with E-state index < -0.39 is 29.1 Å². The summed E-state index contributed by atoms with van der Waals surface area (Å²) in [6.07, 6.45) is 0.242. The molecule has 1 aromatic carbocycles. The number of carbonyl (C=O) groups is 2. The lowest BCUT2D eigenvalue weighted by Crippen LogP contribution is -2.51. The molecule has 0 radical (unpaired) electrons. The van der Waals surface area contributed by atoms with Crippen molar-refractivity contribution in [1.29, 1.82) is 0 Å². The molecule has 0 fully saturated rings. The number of hydrogen-bond donors (Lipinski definition) is 2. The molecule has 7 nitrogen and oxygen atoms in total. The number of rotatable bonds is 6. The fourth-order valence-electron chi connectivity index (χ4n) is 3.20. The average molecular weight is 450 g/mol. The van der Waals surface area contributed by atoms with Gasteiger partial charge < -0.3 is 11.1 Å². The van der Waals surface area contributed by atoms with Gasteiger partial charge in [-0.05, 0) is 37.5 Å². The van der Waals surface area contributed by atoms with Crippen LogP contribution in [0.1, 0.15) is 61.2 Å². The van der Waals surface area contributed by atoms with Crippen molar-refractivity contribution in [2.45, 2.75) is 52.2 Å². The molecule has 1 aliphatic rings. The summed E-state index contributed by atoms with van der Waals surface area (Å²) in [4.78, 5) is 35.3. The van der Waals surface area contributed by atoms with E-state index in [0.717, 1.165) is 18.2 Å². The summed E-state index contributed by atoms with van der Waals surface area (Å²) >= 11 is 1.21. The number of nitrogens with one attached hydrogen (secondary N) is 1. The van der Waals surface area contributed by atoms with E-state index >= 15 is 0 Å². The van der Waals surface area contributed by atoms with E-state index in [1.54, 1.807) is 12.3 Å². The van der Waals surface area contributed by atoms with Gasteiger partial charge in [0.05, 0.1) is 24.5 Å². The highest BCUT2D eigenvalue weighted by Crippen LogP contribution is 2.30. The Balaban J connectivity index is 1.69. The molecule has 0 saturated heterocycles. The van der Waals surface area contributed by atoms with Crippen molar-refractivity contribution >= 4 is 29.1 Å². The Hall–Kier alpha value is -2.88. The van der Waals surface area contributed by atoms with Gasteiger partial charge in [0.2, 0.25) is 5.91 Å². The molecule has 10 heteroatoms. The normalized spacial score (nSPS) is 20.0. The van der Waals surface area contributed by atoms with Crippen LogP contribution in [0, 0.1) is 17.6 Å². The number of thiazole rings is 1. The second-order valence-electron chi connectivity index (χ2n) is 8.16. The molecule has 0 bridgehead atoms. The molecule has 2 aromatic rings. The summed E-state index contributed by atoms with van der Waals surface area (Å²) in [5, 5.41) is 4.75. The minimum atomic E-state index is -0.717. The van der Waals surface area contributed by atoms with E-state index in [4.69, 9.17) is 5.73 Å². The first-order valence-electron chi connectivity index (χ1n) is 9.85. The Morgan fingerprint density at radius 3 is 2.52 bits per heavy atom. The predicted molar refractivity (Wildman–Crippen MR) is 114 cm³/mol. The van der Waals surface area contributed by atoms with Gasteiger partial charge in [0, 0.05) is 11.4 Å². The zero-order valence-electron chi connectivity index (χ0n) is 17.8. The van der Waals surface area contributed by atoms with Crippen molar-refractivity contribution in [3.63, 3.8) is 0 Å². The highest BCUT2D eigenvalue weighted by Gasteiger charge is 2.38. The molecule has 3 rings (SSSR count). The summed E-state index contributed by atoms with van der Waals surface area (Å²) < 4.78 is 26.8. The fourth-order valence-corrected chi connectivity index (χ4v) is 3.96. The second-order valence-corrected chi connectivity index (χ2v) is 9.11. The number of halogens is 2. The average Bonchev–Trinajstić information content (AvgIpc) is 3.12. The van der Waals surface area contributed by atoms with Crippen LogP contribution in [0.25, 0.3) is 0 Å². The molecule has 31 heavy (non-hydrogen) atoms. The van der Waals surface area contributed by atoms with Crippen LogP contribution >= 0.6 is 11.3 Å². The van der Waals surface area contributed by atoms with Gasteiger partial charge in [0.1, 0.15) is 22.3 Å². The molecule has 2 amide bonds. The van der Waals surface area contributed by atoms with Crippen LogP contribution in [0.3, 0.4) is 0 Å². The lowest BCUT2D eigenvalue weighted by molar-refractivity contribution is -0.130. The smallest absolute Gasteiger partial charge is 0.271 e. The van der Waals surface area contributed by atoms with Crippen molar-refractivity contribution in [1.82, 2.24) is 15.2 Å². The number of nitrogens with zero attached hydrogens (tertiary/aromatic N) is 3. The van der Waals surface area contributed by atoms with Gasteiger partial charge in [-0.15, -0.1) is 11.3 Å². The summed E-state index contributed by atoms with van der Waals surface area (Å²) in [7, 11) is 0. The van der Waals surface area contributed by atoms with E-state index in [0.29, 0.717) is 10.6 Å². The van der Waals surface area contributed by atoms with E-state index in [1.165, 1.54) is 16.2 Å². The molecule has 2 atom stereocenters. The predicted octanol–water partition coefficient (Wildman–Crippen LogP) is 3.37. The van der Waals surface area contributed by atoms with Gasteiger partial charge in [-0.2, -0.15) is 0 Å². The number of amides is 2. The van der Waals surface area contributed by atoms with E-state index in [1.807, 2.05) is 20.8 Å². The highest BCUT2D eigenvalue weighted by molar-refractivity contribution is 7.09. The Kier molecular flexibility index (Phi) is 6.40. The lowest BCUT2D eigenvalue weighted by atomic mass is 9.84. The molecule has 3 N–H and O–H groups in total. The molecule has 1 aliphatic heterocycles. The molecule has 0 spiro atoms. The molecule has 166 valence electrons. The van der Waals surface area contributed by atoms with Crippen LogP contribution in [0.2, 0.25) is 0 Å². The molecule has 0 aliphatic carbocycles. The van der Waals surface area contributed by atoms with Crippen LogP contribution in [0.5, 0.6) is 0 Å². The molecular weight excluding hydrogens is 424 g/mol. The largest absolute Gasteiger partial charge is 0.369 e. The van der Waals surface area contributed by atoms with Crippen LogP contribution in [-0.2, 0) is 11.3 Å². The van der Waals surface area contributed by atoms with Crippen molar-refractivity contribution in [3.8, 4) is 0 Å². The summed E-state index contributed by atoms with van der Waals surface area (Å²) in [5.74, 6) is -1.78. The Bertz CT molecular complexity index is 1020. The summed E-state index contributed by atoms with van der Waals surface area (Å²) in [6, 6.07) is 2.47. The Morgan fingerprint density at radius 2 is 1.94 bits per heavy atom. The first kappa shape index (κ1) is 22.8. The topological polar surface area (TPSA) is 101 Å². The first-order chi connectivity index (χ1) is 14.5. The maximum absolute atomic E-state index is 13.4. The van der Waals surface area contributed by atoms with Gasteiger partial charge >= 0.3 is 0 Å². The van der Waals surface area contributed by atoms with Gasteiger partial charge in [0.15, 0.2) is 5.96 Å². The van der Waals surface area contributed by atoms with E-state index in [-0.39, 0.29) is 36.4 Å². The molecule has 1 aromatic heterocycles. The Morgan fingerprint density at radius 1 is 1.29 bits per heavy atom. The first-order valence-corrected chi connectivity index (χ1v) is 10.7. The third-order valence-corrected chi connectivity index (χ3v) is 6.34. The molecule has 0 saturated carbocycles. The molecule has 2 heterocycles. The van der Waals surface area contributed by atoms with Crippen LogP contribution in [0.4, 0.5) is 8.78 Å². The number of benzene rings is 1. The maximum atomic E-state index is 13.4. The number of nitrogens with two attached hydrogens (primary N) is 1. The number of carbonyl (C=O) groups excluding carboxylic acids is 2. The third-order valence-electron chi connectivity index (χ3n) is 5.51. The zero-order chi connectivity index (χ0) is 22.9. The SMILES string of the molecule is CC(NC(=O)c1csc(CN2C(=O)CC(C)(C(C)C)N=C2N)n1)c1cc(F)cc(F)c1. The van der Waals surface area contributed by atoms with Gasteiger partial charge in [-0.3, -0.25) is 14.5 Å². The number of guanidine groups is 1.